The molecule has 1 amide bonds. The molecule has 1 aliphatic rings. The van der Waals surface area contributed by atoms with Gasteiger partial charge < -0.3 is 10.1 Å². The highest BCUT2D eigenvalue weighted by Gasteiger charge is 2.19. The van der Waals surface area contributed by atoms with E-state index in [4.69, 9.17) is 4.74 Å². The third kappa shape index (κ3) is 7.47. The Kier molecular flexibility index (Phi) is 8.74. The summed E-state index contributed by atoms with van der Waals surface area (Å²) in [5, 5.41) is 2.96. The van der Waals surface area contributed by atoms with Gasteiger partial charge in [0.1, 0.15) is 5.75 Å². The van der Waals surface area contributed by atoms with E-state index in [-0.39, 0.29) is 5.91 Å². The number of likely N-dealkylation sites (tertiary alicyclic amines) is 1. The summed E-state index contributed by atoms with van der Waals surface area (Å²) < 4.78 is 30.4. The maximum absolute atomic E-state index is 12.7. The quantitative estimate of drug-likeness (QED) is 0.571. The zero-order chi connectivity index (χ0) is 23.8. The number of benzene rings is 2. The molecule has 0 radical (unpaired) electrons. The standard InChI is InChI=1S/C25H35N3O4S/c1-4-24(32-23-14-12-22(13-15-23)27(2)33(3,30)31)25(29)26-18-20-8-10-21(11-9-20)19-28-16-6-5-7-17-28/h8-15,24H,4-7,16-19H2,1-3H3,(H,26,29). The van der Waals surface area contributed by atoms with Crippen molar-refractivity contribution < 1.29 is 17.9 Å². The average Bonchev–Trinajstić information content (AvgIpc) is 2.82. The molecule has 8 heteroatoms. The van der Waals surface area contributed by atoms with E-state index in [2.05, 4.69) is 34.5 Å². The minimum Gasteiger partial charge on any atom is -0.481 e. The molecule has 1 atom stereocenters. The van der Waals surface area contributed by atoms with Crippen LogP contribution in [0, 0.1) is 0 Å². The number of hydrogen-bond donors (Lipinski definition) is 1. The van der Waals surface area contributed by atoms with Gasteiger partial charge in [0, 0.05) is 20.1 Å². The molecule has 0 saturated carbocycles. The lowest BCUT2D eigenvalue weighted by atomic mass is 10.1. The van der Waals surface area contributed by atoms with Crippen molar-refractivity contribution in [3.05, 3.63) is 59.7 Å². The van der Waals surface area contributed by atoms with Crippen LogP contribution in [0.15, 0.2) is 48.5 Å². The number of nitrogens with one attached hydrogen (secondary N) is 1. The van der Waals surface area contributed by atoms with E-state index in [1.807, 2.05) is 6.92 Å². The van der Waals surface area contributed by atoms with Crippen LogP contribution in [0.3, 0.4) is 0 Å². The molecule has 0 aromatic heterocycles. The number of anilines is 1. The highest BCUT2D eigenvalue weighted by atomic mass is 32.2. The fourth-order valence-electron chi connectivity index (χ4n) is 3.85. The van der Waals surface area contributed by atoms with E-state index in [9.17, 15) is 13.2 Å². The zero-order valence-corrected chi connectivity index (χ0v) is 20.6. The number of rotatable bonds is 10. The number of sulfonamides is 1. The molecule has 3 rings (SSSR count). The fraction of sp³-hybridized carbons (Fsp3) is 0.480. The summed E-state index contributed by atoms with van der Waals surface area (Å²) in [6.45, 7) is 5.67. The van der Waals surface area contributed by atoms with E-state index in [0.717, 1.165) is 18.4 Å². The molecule has 1 saturated heterocycles. The Morgan fingerprint density at radius 2 is 1.64 bits per heavy atom. The number of carbonyl (C=O) groups is 1. The fourth-order valence-corrected chi connectivity index (χ4v) is 4.36. The van der Waals surface area contributed by atoms with Gasteiger partial charge >= 0.3 is 0 Å². The van der Waals surface area contributed by atoms with Gasteiger partial charge in [-0.05, 0) is 67.7 Å². The van der Waals surface area contributed by atoms with Crippen molar-refractivity contribution in [2.45, 2.75) is 51.8 Å². The van der Waals surface area contributed by atoms with Gasteiger partial charge in [0.15, 0.2) is 6.10 Å². The normalized spacial score (nSPS) is 15.6. The van der Waals surface area contributed by atoms with E-state index in [1.165, 1.54) is 49.3 Å². The summed E-state index contributed by atoms with van der Waals surface area (Å²) in [5.41, 5.74) is 2.88. The second-order valence-corrected chi connectivity index (χ2v) is 10.6. The van der Waals surface area contributed by atoms with Crippen LogP contribution in [0.25, 0.3) is 0 Å². The van der Waals surface area contributed by atoms with Crippen molar-refractivity contribution >= 4 is 21.6 Å². The third-order valence-corrected chi connectivity index (χ3v) is 7.19. The number of amides is 1. The van der Waals surface area contributed by atoms with Gasteiger partial charge in [0.05, 0.1) is 11.9 Å². The van der Waals surface area contributed by atoms with Crippen molar-refractivity contribution in [2.24, 2.45) is 0 Å². The van der Waals surface area contributed by atoms with Crippen LogP contribution in [0.4, 0.5) is 5.69 Å². The Morgan fingerprint density at radius 1 is 1.03 bits per heavy atom. The molecule has 0 spiro atoms. The Hall–Kier alpha value is -2.58. The molecule has 1 heterocycles. The third-order valence-electron chi connectivity index (χ3n) is 5.98. The molecule has 1 aliphatic heterocycles. The Morgan fingerprint density at radius 3 is 2.21 bits per heavy atom. The first kappa shape index (κ1) is 25.1. The summed E-state index contributed by atoms with van der Waals surface area (Å²) in [6, 6.07) is 15.1. The van der Waals surface area contributed by atoms with Crippen LogP contribution in [0.2, 0.25) is 0 Å². The van der Waals surface area contributed by atoms with E-state index in [1.54, 1.807) is 24.3 Å². The summed E-state index contributed by atoms with van der Waals surface area (Å²) in [7, 11) is -1.83. The van der Waals surface area contributed by atoms with Gasteiger partial charge in [-0.2, -0.15) is 0 Å². The average molecular weight is 474 g/mol. The lowest BCUT2D eigenvalue weighted by Gasteiger charge is -2.26. The minimum atomic E-state index is -3.33. The molecule has 180 valence electrons. The number of piperidine rings is 1. The monoisotopic (exact) mass is 473 g/mol. The van der Waals surface area contributed by atoms with Crippen molar-refractivity contribution in [1.29, 1.82) is 0 Å². The summed E-state index contributed by atoms with van der Waals surface area (Å²) >= 11 is 0. The minimum absolute atomic E-state index is 0.174. The molecule has 33 heavy (non-hydrogen) atoms. The van der Waals surface area contributed by atoms with Crippen LogP contribution in [-0.4, -0.2) is 51.7 Å². The molecule has 2 aromatic rings. The second-order valence-electron chi connectivity index (χ2n) is 8.61. The van der Waals surface area contributed by atoms with Crippen molar-refractivity contribution in [3.63, 3.8) is 0 Å². The second kappa shape index (κ2) is 11.5. The van der Waals surface area contributed by atoms with Crippen LogP contribution < -0.4 is 14.4 Å². The number of nitrogens with zero attached hydrogens (tertiary/aromatic N) is 2. The summed E-state index contributed by atoms with van der Waals surface area (Å²) in [4.78, 5) is 15.2. The molecular weight excluding hydrogens is 438 g/mol. The van der Waals surface area contributed by atoms with Gasteiger partial charge in [0.25, 0.3) is 5.91 Å². The predicted octanol–water partition coefficient (Wildman–Crippen LogP) is 3.54. The molecule has 0 aliphatic carbocycles. The molecule has 7 nitrogen and oxygen atoms in total. The Balaban J connectivity index is 1.50. The highest BCUT2D eigenvalue weighted by Crippen LogP contribution is 2.21. The molecular formula is C25H35N3O4S. The smallest absolute Gasteiger partial charge is 0.261 e. The maximum Gasteiger partial charge on any atom is 0.261 e. The summed E-state index contributed by atoms with van der Waals surface area (Å²) in [5.74, 6) is 0.344. The van der Waals surface area contributed by atoms with Crippen LogP contribution in [-0.2, 0) is 27.9 Å². The predicted molar refractivity (Wildman–Crippen MR) is 132 cm³/mol. The summed E-state index contributed by atoms with van der Waals surface area (Å²) in [6.07, 6.45) is 4.95. The first-order valence-corrected chi connectivity index (χ1v) is 13.4. The van der Waals surface area contributed by atoms with E-state index < -0.39 is 16.1 Å². The van der Waals surface area contributed by atoms with Gasteiger partial charge in [-0.25, -0.2) is 8.42 Å². The SMILES string of the molecule is CCC(Oc1ccc(N(C)S(C)(=O)=O)cc1)C(=O)NCc1ccc(CN2CCCCC2)cc1. The maximum atomic E-state index is 12.7. The molecule has 2 aromatic carbocycles. The molecule has 1 N–H and O–H groups in total. The molecule has 1 fully saturated rings. The Bertz CT molecular complexity index is 1000. The van der Waals surface area contributed by atoms with Gasteiger partial charge in [-0.1, -0.05) is 37.6 Å². The van der Waals surface area contributed by atoms with Gasteiger partial charge in [-0.3, -0.25) is 14.0 Å². The largest absolute Gasteiger partial charge is 0.481 e. The lowest BCUT2D eigenvalue weighted by molar-refractivity contribution is -0.128. The highest BCUT2D eigenvalue weighted by molar-refractivity contribution is 7.92. The first-order valence-electron chi connectivity index (χ1n) is 11.5. The van der Waals surface area contributed by atoms with Crippen LogP contribution in [0.5, 0.6) is 5.75 Å². The van der Waals surface area contributed by atoms with Crippen LogP contribution in [0.1, 0.15) is 43.7 Å². The van der Waals surface area contributed by atoms with Gasteiger partial charge in [0.2, 0.25) is 10.0 Å². The van der Waals surface area contributed by atoms with E-state index >= 15 is 0 Å². The topological polar surface area (TPSA) is 78.9 Å². The zero-order valence-electron chi connectivity index (χ0n) is 19.8. The lowest BCUT2D eigenvalue weighted by Crippen LogP contribution is -2.37. The van der Waals surface area contributed by atoms with Gasteiger partial charge in [-0.15, -0.1) is 0 Å². The Labute approximate surface area is 197 Å². The van der Waals surface area contributed by atoms with E-state index in [0.29, 0.717) is 24.4 Å². The first-order chi connectivity index (χ1) is 15.8. The van der Waals surface area contributed by atoms with Crippen molar-refractivity contribution in [3.8, 4) is 5.75 Å². The molecule has 0 bridgehead atoms. The molecule has 1 unspecified atom stereocenters. The van der Waals surface area contributed by atoms with Crippen molar-refractivity contribution in [1.82, 2.24) is 10.2 Å². The van der Waals surface area contributed by atoms with Crippen molar-refractivity contribution in [2.75, 3.05) is 30.7 Å². The number of ether oxygens (including phenoxy) is 1. The van der Waals surface area contributed by atoms with Crippen LogP contribution >= 0.6 is 0 Å². The number of hydrogen-bond acceptors (Lipinski definition) is 5. The number of carbonyl (C=O) groups excluding carboxylic acids is 1.